The average Bonchev–Trinajstić information content (AvgIpc) is 3.09. The quantitative estimate of drug-likeness (QED) is 0.436. The summed E-state index contributed by atoms with van der Waals surface area (Å²) >= 11 is 9.52. The Hall–Kier alpha value is -1.06. The van der Waals surface area contributed by atoms with E-state index in [1.807, 2.05) is 0 Å². The molecular formula is C15H7BBr3F3N2. The Morgan fingerprint density at radius 2 is 1.75 bits per heavy atom. The summed E-state index contributed by atoms with van der Waals surface area (Å²) in [6.45, 7) is -4.10. The number of nitrogens with zero attached hydrogens (tertiary/aromatic N) is 2. The van der Waals surface area contributed by atoms with Gasteiger partial charge in [0.2, 0.25) is 4.62 Å². The molecule has 3 heterocycles. The van der Waals surface area contributed by atoms with Crippen molar-refractivity contribution in [3.8, 4) is 0 Å². The largest absolute Gasteiger partial charge is 0.738 e. The first-order valence-electron chi connectivity index (χ1n) is 6.92. The van der Waals surface area contributed by atoms with Gasteiger partial charge in [-0.1, -0.05) is 12.1 Å². The van der Waals surface area contributed by atoms with Gasteiger partial charge >= 0.3 is 6.97 Å². The molecule has 0 bridgehead atoms. The van der Waals surface area contributed by atoms with Gasteiger partial charge in [-0.15, -0.1) is 0 Å². The lowest BCUT2D eigenvalue weighted by molar-refractivity contribution is -0.358. The summed E-state index contributed by atoms with van der Waals surface area (Å²) in [5.41, 5.74) is 1.20. The molecule has 0 radical (unpaired) electrons. The topological polar surface area (TPSA) is 7.94 Å². The van der Waals surface area contributed by atoms with Gasteiger partial charge in [-0.2, -0.15) is 0 Å². The molecule has 2 aliphatic rings. The number of rotatable bonds is 1. The normalized spacial score (nSPS) is 18.2. The van der Waals surface area contributed by atoms with E-state index in [9.17, 15) is 4.39 Å². The fourth-order valence-corrected chi connectivity index (χ4v) is 4.61. The monoisotopic (exact) mass is 520 g/mol. The molecule has 0 atom stereocenters. The maximum Gasteiger partial charge on any atom is 0.738 e. The maximum absolute atomic E-state index is 15.1. The van der Waals surface area contributed by atoms with Crippen LogP contribution >= 0.6 is 47.8 Å². The van der Waals surface area contributed by atoms with Crippen LogP contribution in [-0.4, -0.2) is 20.6 Å². The molecule has 0 saturated carbocycles. The number of benzene rings is 1. The highest BCUT2D eigenvalue weighted by atomic mass is 79.9. The number of hydrogen-bond donors (Lipinski definition) is 0. The Balaban J connectivity index is 2.15. The Morgan fingerprint density at radius 1 is 1.00 bits per heavy atom. The second-order valence-electron chi connectivity index (χ2n) is 5.39. The standard InChI is InChI=1S/C15H7BBr3F3N2/c17-9-3-1-2-8(15(9)20)14-10-4-6-12(18)23(10)16(21,22)24-11(14)5-7-13(24)19/h1-7H. The van der Waals surface area contributed by atoms with Gasteiger partial charge in [0.1, 0.15) is 5.82 Å². The SMILES string of the molecule is Fc1c(Br)cccc1C1=C2C=CC(Br)=[N+]2[B-](F)(F)n2c(Br)ccc21. The van der Waals surface area contributed by atoms with Gasteiger partial charge in [-0.05, 0) is 50.1 Å². The van der Waals surface area contributed by atoms with E-state index >= 15 is 8.63 Å². The summed E-state index contributed by atoms with van der Waals surface area (Å²) in [6.07, 6.45) is 3.11. The first kappa shape index (κ1) is 16.4. The molecule has 2 aliphatic heterocycles. The van der Waals surface area contributed by atoms with Gasteiger partial charge in [-0.3, -0.25) is 0 Å². The first-order chi connectivity index (χ1) is 11.3. The summed E-state index contributed by atoms with van der Waals surface area (Å²) in [7, 11) is 0. The van der Waals surface area contributed by atoms with E-state index in [4.69, 9.17) is 0 Å². The van der Waals surface area contributed by atoms with Crippen LogP contribution in [0.1, 0.15) is 11.3 Å². The summed E-state index contributed by atoms with van der Waals surface area (Å²) in [5.74, 6) is -0.488. The smallest absolute Gasteiger partial charge is 0.389 e. The van der Waals surface area contributed by atoms with Crippen LogP contribution in [0, 0.1) is 5.82 Å². The van der Waals surface area contributed by atoms with Crippen LogP contribution in [0.2, 0.25) is 0 Å². The van der Waals surface area contributed by atoms with E-state index < -0.39 is 12.8 Å². The zero-order chi connectivity index (χ0) is 17.2. The van der Waals surface area contributed by atoms with Crippen LogP contribution in [0.4, 0.5) is 13.0 Å². The predicted octanol–water partition coefficient (Wildman–Crippen LogP) is 5.52. The molecule has 0 fully saturated rings. The Morgan fingerprint density at radius 3 is 2.50 bits per heavy atom. The Bertz CT molecular complexity index is 992. The highest BCUT2D eigenvalue weighted by Gasteiger charge is 2.54. The van der Waals surface area contributed by atoms with Crippen molar-refractivity contribution in [2.75, 3.05) is 0 Å². The molecule has 24 heavy (non-hydrogen) atoms. The van der Waals surface area contributed by atoms with Crippen LogP contribution in [0.15, 0.2) is 57.3 Å². The third-order valence-corrected chi connectivity index (χ3v) is 6.00. The molecule has 0 N–H and O–H groups in total. The lowest BCUT2D eigenvalue weighted by atomic mass is 9.86. The summed E-state index contributed by atoms with van der Waals surface area (Å²) < 4.78 is 47.4. The van der Waals surface area contributed by atoms with Crippen LogP contribution in [0.5, 0.6) is 0 Å². The molecule has 1 aromatic carbocycles. The van der Waals surface area contributed by atoms with E-state index in [2.05, 4.69) is 47.8 Å². The molecule has 122 valence electrons. The third kappa shape index (κ3) is 2.10. The van der Waals surface area contributed by atoms with Gasteiger partial charge in [-0.25, -0.2) is 4.39 Å². The van der Waals surface area contributed by atoms with E-state index in [-0.39, 0.29) is 30.7 Å². The molecule has 2 aromatic rings. The fourth-order valence-electron chi connectivity index (χ4n) is 3.11. The molecule has 4 rings (SSSR count). The second-order valence-corrected chi connectivity index (χ2v) is 7.87. The molecule has 0 aliphatic carbocycles. The maximum atomic E-state index is 15.1. The molecule has 0 amide bonds. The highest BCUT2D eigenvalue weighted by molar-refractivity contribution is 9.18. The Labute approximate surface area is 160 Å². The van der Waals surface area contributed by atoms with Crippen molar-refractivity contribution in [1.29, 1.82) is 0 Å². The average molecular weight is 523 g/mol. The number of fused-ring (bicyclic) bond motifs is 2. The van der Waals surface area contributed by atoms with E-state index in [1.165, 1.54) is 0 Å². The fraction of sp³-hybridized carbons (Fsp3) is 0. The molecule has 1 aromatic heterocycles. The molecule has 0 spiro atoms. The second kappa shape index (κ2) is 5.47. The van der Waals surface area contributed by atoms with E-state index in [0.717, 1.165) is 8.96 Å². The molecule has 0 saturated heterocycles. The lowest BCUT2D eigenvalue weighted by Gasteiger charge is -2.32. The van der Waals surface area contributed by atoms with Crippen LogP contribution in [-0.2, 0) is 0 Å². The zero-order valence-corrected chi connectivity index (χ0v) is 16.5. The Kier molecular flexibility index (Phi) is 3.74. The van der Waals surface area contributed by atoms with Crippen LogP contribution in [0.25, 0.3) is 5.57 Å². The first-order valence-corrected chi connectivity index (χ1v) is 9.30. The number of halogens is 6. The van der Waals surface area contributed by atoms with Crippen molar-refractivity contribution in [3.05, 3.63) is 74.3 Å². The number of allylic oxidation sites excluding steroid dienone is 2. The van der Waals surface area contributed by atoms with Crippen molar-refractivity contribution in [1.82, 2.24) is 4.48 Å². The van der Waals surface area contributed by atoms with Crippen molar-refractivity contribution in [2.45, 2.75) is 0 Å². The van der Waals surface area contributed by atoms with Gasteiger partial charge < -0.3 is 17.6 Å². The molecule has 2 nitrogen and oxygen atoms in total. The van der Waals surface area contributed by atoms with Gasteiger partial charge in [0.05, 0.1) is 14.6 Å². The lowest BCUT2D eigenvalue weighted by Crippen LogP contribution is -2.50. The van der Waals surface area contributed by atoms with Crippen molar-refractivity contribution in [3.63, 3.8) is 0 Å². The third-order valence-electron chi connectivity index (χ3n) is 4.09. The van der Waals surface area contributed by atoms with Gasteiger partial charge in [0.25, 0.3) is 0 Å². The minimum absolute atomic E-state index is 0.238. The van der Waals surface area contributed by atoms with Crippen LogP contribution in [0.3, 0.4) is 0 Å². The number of aromatic nitrogens is 1. The molecule has 9 heteroatoms. The van der Waals surface area contributed by atoms with Crippen molar-refractivity contribution < 1.29 is 17.5 Å². The molecule has 0 unspecified atom stereocenters. The van der Waals surface area contributed by atoms with E-state index in [1.54, 1.807) is 42.5 Å². The molecular weight excluding hydrogens is 516 g/mol. The summed E-state index contributed by atoms with van der Waals surface area (Å²) in [4.78, 5) is 0. The van der Waals surface area contributed by atoms with Crippen molar-refractivity contribution >= 4 is 65.0 Å². The summed E-state index contributed by atoms with van der Waals surface area (Å²) in [5, 5.41) is 0. The minimum atomic E-state index is -4.10. The predicted molar refractivity (Wildman–Crippen MR) is 99.0 cm³/mol. The van der Waals surface area contributed by atoms with E-state index in [0.29, 0.717) is 5.57 Å². The summed E-state index contributed by atoms with van der Waals surface area (Å²) in [6, 6.07) is 7.95. The van der Waals surface area contributed by atoms with Gasteiger partial charge in [0.15, 0.2) is 5.70 Å². The highest BCUT2D eigenvalue weighted by Crippen LogP contribution is 2.43. The van der Waals surface area contributed by atoms with Crippen LogP contribution < -0.4 is 0 Å². The van der Waals surface area contributed by atoms with Gasteiger partial charge in [0, 0.05) is 39.3 Å². The van der Waals surface area contributed by atoms with Crippen molar-refractivity contribution in [2.24, 2.45) is 0 Å². The minimum Gasteiger partial charge on any atom is -0.389 e. The number of hydrogen-bond acceptors (Lipinski definition) is 0. The zero-order valence-electron chi connectivity index (χ0n) is 11.8.